The summed E-state index contributed by atoms with van der Waals surface area (Å²) < 4.78 is 10.3. The molecule has 2 rings (SSSR count). The van der Waals surface area contributed by atoms with Crippen LogP contribution in [0.3, 0.4) is 0 Å². The van der Waals surface area contributed by atoms with Gasteiger partial charge in [-0.25, -0.2) is 0 Å². The lowest BCUT2D eigenvalue weighted by atomic mass is 10.0. The predicted octanol–water partition coefficient (Wildman–Crippen LogP) is -1.47. The molecule has 2 saturated heterocycles. The number of hydrogen-bond acceptors (Lipinski definition) is 5. The minimum atomic E-state index is -1.06. The number of hydrogen-bond donors (Lipinski definition) is 2. The molecule has 2 N–H and O–H groups in total. The molecule has 6 nitrogen and oxygen atoms in total. The van der Waals surface area contributed by atoms with Gasteiger partial charge in [0.05, 0.1) is 12.6 Å². The quantitative estimate of drug-likeness (QED) is 0.586. The molecule has 0 aromatic heterocycles. The first kappa shape index (κ1) is 12.1. The van der Waals surface area contributed by atoms with Crippen LogP contribution in [-0.4, -0.2) is 71.2 Å². The van der Waals surface area contributed by atoms with Crippen LogP contribution in [0.4, 0.5) is 0 Å². The number of likely N-dealkylation sites (tertiary alicyclic amines) is 1. The predicted molar refractivity (Wildman–Crippen MR) is 53.9 cm³/mol. The molecule has 2 bridgehead atoms. The van der Waals surface area contributed by atoms with Gasteiger partial charge in [-0.1, -0.05) is 0 Å². The van der Waals surface area contributed by atoms with Gasteiger partial charge in [-0.3, -0.25) is 4.79 Å². The van der Waals surface area contributed by atoms with Crippen LogP contribution in [0.1, 0.15) is 0 Å². The molecular formula is C9H14ClNO5. The number of alkyl halides is 1. The molecule has 0 aliphatic carbocycles. The average molecular weight is 252 g/mol. The second-order valence-electron chi connectivity index (χ2n) is 3.93. The second-order valence-corrected chi connectivity index (χ2v) is 4.20. The minimum Gasteiger partial charge on any atom is -0.388 e. The van der Waals surface area contributed by atoms with Crippen molar-refractivity contribution in [1.82, 2.24) is 4.90 Å². The van der Waals surface area contributed by atoms with Crippen LogP contribution in [0.15, 0.2) is 0 Å². The van der Waals surface area contributed by atoms with Crippen LogP contribution in [0, 0.1) is 0 Å². The molecular weight excluding hydrogens is 238 g/mol. The number of aliphatic hydroxyl groups excluding tert-OH is 2. The molecule has 3 unspecified atom stereocenters. The fourth-order valence-electron chi connectivity index (χ4n) is 2.29. The van der Waals surface area contributed by atoms with Crippen LogP contribution in [0.2, 0.25) is 0 Å². The number of ether oxygens (including phenoxy) is 2. The Hall–Kier alpha value is -0.400. The van der Waals surface area contributed by atoms with Gasteiger partial charge in [0, 0.05) is 7.11 Å². The second kappa shape index (κ2) is 4.46. The summed E-state index contributed by atoms with van der Waals surface area (Å²) in [6, 6.07) is -0.699. The van der Waals surface area contributed by atoms with Crippen molar-refractivity contribution in [3.05, 3.63) is 0 Å². The molecule has 7 heteroatoms. The first-order valence-electron chi connectivity index (χ1n) is 5.00. The molecule has 5 atom stereocenters. The Kier molecular flexibility index (Phi) is 3.37. The Labute approximate surface area is 97.7 Å². The number of carbonyl (C=O) groups is 1. The van der Waals surface area contributed by atoms with Gasteiger partial charge in [0.1, 0.15) is 24.2 Å². The van der Waals surface area contributed by atoms with E-state index in [2.05, 4.69) is 0 Å². The maximum atomic E-state index is 11.5. The third-order valence-corrected chi connectivity index (χ3v) is 3.30. The number of rotatable bonds is 2. The Morgan fingerprint density at radius 1 is 1.56 bits per heavy atom. The molecule has 0 saturated carbocycles. The lowest BCUT2D eigenvalue weighted by Crippen LogP contribution is -2.57. The molecule has 2 aliphatic heterocycles. The smallest absolute Gasteiger partial charge is 0.238 e. The van der Waals surface area contributed by atoms with Gasteiger partial charge < -0.3 is 24.6 Å². The van der Waals surface area contributed by atoms with Crippen LogP contribution in [0.5, 0.6) is 0 Å². The van der Waals surface area contributed by atoms with Crippen molar-refractivity contribution in [3.63, 3.8) is 0 Å². The number of amides is 1. The normalized spacial score (nSPS) is 42.5. The van der Waals surface area contributed by atoms with Crippen molar-refractivity contribution >= 4 is 17.5 Å². The van der Waals surface area contributed by atoms with Crippen LogP contribution < -0.4 is 0 Å². The summed E-state index contributed by atoms with van der Waals surface area (Å²) in [5.41, 5.74) is 0. The number of carbonyl (C=O) groups excluding carboxylic acids is 1. The van der Waals surface area contributed by atoms with Crippen LogP contribution in [-0.2, 0) is 14.3 Å². The Bertz CT molecular complexity index is 289. The molecule has 2 heterocycles. The summed E-state index contributed by atoms with van der Waals surface area (Å²) in [6.45, 7) is 0.230. The number of nitrogens with zero attached hydrogens (tertiary/aromatic N) is 1. The molecule has 0 radical (unpaired) electrons. The number of fused-ring (bicyclic) bond motifs is 2. The molecule has 0 aromatic rings. The Morgan fingerprint density at radius 3 is 2.81 bits per heavy atom. The van der Waals surface area contributed by atoms with E-state index in [1.807, 2.05) is 0 Å². The van der Waals surface area contributed by atoms with Crippen molar-refractivity contribution in [2.45, 2.75) is 30.6 Å². The number of halogens is 1. The lowest BCUT2D eigenvalue weighted by Gasteiger charge is -2.36. The molecule has 0 aromatic carbocycles. The lowest BCUT2D eigenvalue weighted by molar-refractivity contribution is -0.248. The highest BCUT2D eigenvalue weighted by atomic mass is 35.5. The topological polar surface area (TPSA) is 79.2 Å². The molecule has 92 valence electrons. The van der Waals surface area contributed by atoms with Crippen molar-refractivity contribution in [2.24, 2.45) is 0 Å². The fourth-order valence-corrected chi connectivity index (χ4v) is 2.44. The Morgan fingerprint density at radius 2 is 2.25 bits per heavy atom. The molecule has 2 fully saturated rings. The highest BCUT2D eigenvalue weighted by Crippen LogP contribution is 2.32. The van der Waals surface area contributed by atoms with E-state index < -0.39 is 30.6 Å². The highest BCUT2D eigenvalue weighted by molar-refractivity contribution is 6.27. The summed E-state index contributed by atoms with van der Waals surface area (Å²) in [5.74, 6) is -0.507. The maximum Gasteiger partial charge on any atom is 0.238 e. The zero-order valence-corrected chi connectivity index (χ0v) is 9.50. The van der Waals surface area contributed by atoms with E-state index in [9.17, 15) is 15.0 Å². The van der Waals surface area contributed by atoms with Crippen LogP contribution in [0.25, 0.3) is 0 Å². The van der Waals surface area contributed by atoms with Crippen LogP contribution >= 0.6 is 11.6 Å². The zero-order valence-electron chi connectivity index (χ0n) is 8.75. The largest absolute Gasteiger partial charge is 0.388 e. The summed E-state index contributed by atoms with van der Waals surface area (Å²) in [6.07, 6.45) is -3.29. The van der Waals surface area contributed by atoms with E-state index >= 15 is 0 Å². The highest BCUT2D eigenvalue weighted by Gasteiger charge is 2.54. The Balaban J connectivity index is 2.20. The van der Waals surface area contributed by atoms with Gasteiger partial charge in [0.2, 0.25) is 5.91 Å². The van der Waals surface area contributed by atoms with Gasteiger partial charge in [0.25, 0.3) is 0 Å². The minimum absolute atomic E-state index is 0.180. The van der Waals surface area contributed by atoms with Gasteiger partial charge >= 0.3 is 0 Å². The summed E-state index contributed by atoms with van der Waals surface area (Å²) in [4.78, 5) is 12.9. The van der Waals surface area contributed by atoms with E-state index in [0.717, 1.165) is 0 Å². The van der Waals surface area contributed by atoms with Crippen molar-refractivity contribution in [2.75, 3.05) is 19.5 Å². The van der Waals surface area contributed by atoms with Gasteiger partial charge in [-0.2, -0.15) is 0 Å². The van der Waals surface area contributed by atoms with Crippen molar-refractivity contribution in [1.29, 1.82) is 0 Å². The molecule has 16 heavy (non-hydrogen) atoms. The fraction of sp³-hybridized carbons (Fsp3) is 0.889. The molecule has 0 spiro atoms. The SMILES string of the molecule is CO[C@@H]1OC2CN(C(=O)CCl)C(C1O)[C@H]2O. The molecule has 2 aliphatic rings. The van der Waals surface area contributed by atoms with Gasteiger partial charge in [0.15, 0.2) is 6.29 Å². The first-order valence-corrected chi connectivity index (χ1v) is 5.53. The third kappa shape index (κ3) is 1.70. The number of aliphatic hydroxyl groups is 2. The van der Waals surface area contributed by atoms with E-state index in [4.69, 9.17) is 21.1 Å². The number of methoxy groups -OCH3 is 1. The van der Waals surface area contributed by atoms with Crippen molar-refractivity contribution < 1.29 is 24.5 Å². The summed E-state index contributed by atoms with van der Waals surface area (Å²) in [7, 11) is 1.40. The zero-order chi connectivity index (χ0) is 11.9. The van der Waals surface area contributed by atoms with E-state index in [-0.39, 0.29) is 18.3 Å². The van der Waals surface area contributed by atoms with E-state index in [1.165, 1.54) is 12.0 Å². The first-order chi connectivity index (χ1) is 7.60. The van der Waals surface area contributed by atoms with E-state index in [1.54, 1.807) is 0 Å². The van der Waals surface area contributed by atoms with Crippen molar-refractivity contribution in [3.8, 4) is 0 Å². The monoisotopic (exact) mass is 251 g/mol. The maximum absolute atomic E-state index is 11.5. The summed E-state index contributed by atoms with van der Waals surface area (Å²) in [5, 5.41) is 19.7. The van der Waals surface area contributed by atoms with Gasteiger partial charge in [-0.05, 0) is 0 Å². The molecule has 1 amide bonds. The standard InChI is InChI=1S/C9H14ClNO5/c1-15-9-8(14)6-7(13)4(16-9)3-11(6)5(12)2-10/h4,6-9,13-14H,2-3H2,1H3/t4?,6?,7-,8?,9+/m0/s1. The third-order valence-electron chi connectivity index (χ3n) is 3.07. The average Bonchev–Trinajstić information content (AvgIpc) is 2.51. The van der Waals surface area contributed by atoms with E-state index in [0.29, 0.717) is 0 Å². The summed E-state index contributed by atoms with van der Waals surface area (Å²) >= 11 is 5.46. The van der Waals surface area contributed by atoms with Gasteiger partial charge in [-0.15, -0.1) is 11.6 Å².